The molecule has 1 aliphatic carbocycles. The molecule has 22 heavy (non-hydrogen) atoms. The molecule has 1 aromatic rings. The van der Waals surface area contributed by atoms with E-state index in [1.54, 1.807) is 6.92 Å². The summed E-state index contributed by atoms with van der Waals surface area (Å²) in [6, 6.07) is 7.67. The third-order valence-electron chi connectivity index (χ3n) is 3.97. The monoisotopic (exact) mass is 302 g/mol. The zero-order chi connectivity index (χ0) is 16.5. The van der Waals surface area contributed by atoms with Crippen molar-refractivity contribution in [2.75, 3.05) is 0 Å². The minimum atomic E-state index is -0.509. The van der Waals surface area contributed by atoms with Crippen LogP contribution in [-0.2, 0) is 9.59 Å². The molecule has 2 amide bonds. The Kier molecular flexibility index (Phi) is 4.59. The van der Waals surface area contributed by atoms with Crippen LogP contribution in [-0.4, -0.2) is 23.4 Å². The molecule has 1 aromatic carbocycles. The van der Waals surface area contributed by atoms with Crippen LogP contribution < -0.4 is 10.6 Å². The molecule has 0 heterocycles. The summed E-state index contributed by atoms with van der Waals surface area (Å²) < 4.78 is 0. The fourth-order valence-electron chi connectivity index (χ4n) is 2.70. The molecule has 2 N–H and O–H groups in total. The van der Waals surface area contributed by atoms with Gasteiger partial charge in [-0.2, -0.15) is 0 Å². The molecule has 0 unspecified atom stereocenters. The lowest BCUT2D eigenvalue weighted by molar-refractivity contribution is -0.130. The normalized spacial score (nSPS) is 21.9. The van der Waals surface area contributed by atoms with Crippen LogP contribution in [0.25, 0.3) is 0 Å². The molecular weight excluding hydrogens is 276 g/mol. The molecule has 0 bridgehead atoms. The predicted octanol–water partition coefficient (Wildman–Crippen LogP) is 2.52. The number of amides is 2. The van der Waals surface area contributed by atoms with E-state index in [0.29, 0.717) is 5.92 Å². The maximum Gasteiger partial charge on any atom is 0.242 e. The summed E-state index contributed by atoms with van der Waals surface area (Å²) in [5.74, 6) is 0.115. The Hall–Kier alpha value is -1.84. The molecule has 4 nitrogen and oxygen atoms in total. The number of aryl methyl sites for hydroxylation is 1. The van der Waals surface area contributed by atoms with Crippen LogP contribution in [0.2, 0.25) is 0 Å². The summed E-state index contributed by atoms with van der Waals surface area (Å²) in [6.07, 6.45) is 0.865. The lowest BCUT2D eigenvalue weighted by atomic mass is 10.0. The Labute approximate surface area is 132 Å². The lowest BCUT2D eigenvalue weighted by Crippen LogP contribution is -2.51. The second-order valence-electron chi connectivity index (χ2n) is 7.27. The van der Waals surface area contributed by atoms with Crippen molar-refractivity contribution >= 4 is 11.8 Å². The molecule has 2 rings (SSSR count). The van der Waals surface area contributed by atoms with Gasteiger partial charge in [0.05, 0.1) is 0 Å². The highest BCUT2D eigenvalue weighted by molar-refractivity contribution is 5.90. The molecule has 3 atom stereocenters. The van der Waals surface area contributed by atoms with Gasteiger partial charge in [-0.15, -0.1) is 0 Å². The van der Waals surface area contributed by atoms with Gasteiger partial charge in [0, 0.05) is 11.5 Å². The summed E-state index contributed by atoms with van der Waals surface area (Å²) in [7, 11) is 0. The minimum Gasteiger partial charge on any atom is -0.350 e. The lowest BCUT2D eigenvalue weighted by Gasteiger charge is -2.23. The first-order chi connectivity index (χ1) is 10.2. The largest absolute Gasteiger partial charge is 0.350 e. The average molecular weight is 302 g/mol. The fourth-order valence-corrected chi connectivity index (χ4v) is 2.70. The summed E-state index contributed by atoms with van der Waals surface area (Å²) >= 11 is 0. The quantitative estimate of drug-likeness (QED) is 0.898. The number of benzene rings is 1. The van der Waals surface area contributed by atoms with Gasteiger partial charge >= 0.3 is 0 Å². The van der Waals surface area contributed by atoms with Crippen LogP contribution >= 0.6 is 0 Å². The zero-order valence-electron chi connectivity index (χ0n) is 14.1. The Morgan fingerprint density at radius 1 is 1.23 bits per heavy atom. The molecule has 1 saturated carbocycles. The summed E-state index contributed by atoms with van der Waals surface area (Å²) in [5.41, 5.74) is 2.18. The van der Waals surface area contributed by atoms with Gasteiger partial charge in [-0.1, -0.05) is 24.3 Å². The number of hydrogen-bond acceptors (Lipinski definition) is 2. The standard InChI is InChI=1S/C18H26N2O2/c1-11-8-6-7-9-13(11)14-10-15(14)17(22)19-12(2)16(21)20-18(3,4)5/h6-9,12,14-15H,10H2,1-5H3,(H,19,22)(H,20,21)/t12-,14+,15+/m1/s1. The highest BCUT2D eigenvalue weighted by atomic mass is 16.2. The molecule has 0 aromatic heterocycles. The van der Waals surface area contributed by atoms with E-state index in [2.05, 4.69) is 29.7 Å². The summed E-state index contributed by atoms with van der Waals surface area (Å²) in [4.78, 5) is 24.3. The van der Waals surface area contributed by atoms with Gasteiger partial charge in [0.1, 0.15) is 6.04 Å². The van der Waals surface area contributed by atoms with Gasteiger partial charge in [-0.3, -0.25) is 9.59 Å². The van der Waals surface area contributed by atoms with Crippen LogP contribution in [0.3, 0.4) is 0 Å². The van der Waals surface area contributed by atoms with Crippen molar-refractivity contribution in [1.29, 1.82) is 0 Å². The molecule has 120 valence electrons. The Bertz CT molecular complexity index is 575. The van der Waals surface area contributed by atoms with E-state index in [1.165, 1.54) is 11.1 Å². The van der Waals surface area contributed by atoms with Crippen LogP contribution in [0.1, 0.15) is 51.2 Å². The van der Waals surface area contributed by atoms with Crippen molar-refractivity contribution < 1.29 is 9.59 Å². The maximum atomic E-state index is 12.3. The van der Waals surface area contributed by atoms with E-state index in [0.717, 1.165) is 6.42 Å². The molecule has 0 radical (unpaired) electrons. The number of hydrogen-bond donors (Lipinski definition) is 2. The topological polar surface area (TPSA) is 58.2 Å². The molecule has 0 saturated heterocycles. The van der Waals surface area contributed by atoms with Gasteiger partial charge in [-0.25, -0.2) is 0 Å². The highest BCUT2D eigenvalue weighted by Crippen LogP contribution is 2.48. The van der Waals surface area contributed by atoms with E-state index >= 15 is 0 Å². The van der Waals surface area contributed by atoms with E-state index in [4.69, 9.17) is 0 Å². The average Bonchev–Trinajstić information content (AvgIpc) is 3.17. The summed E-state index contributed by atoms with van der Waals surface area (Å²) in [5, 5.41) is 5.71. The first-order valence-electron chi connectivity index (χ1n) is 7.87. The number of carbonyl (C=O) groups excluding carboxylic acids is 2. The Morgan fingerprint density at radius 2 is 1.86 bits per heavy atom. The number of nitrogens with one attached hydrogen (secondary N) is 2. The third kappa shape index (κ3) is 4.09. The van der Waals surface area contributed by atoms with Crippen molar-refractivity contribution in [2.45, 2.75) is 58.5 Å². The maximum absolute atomic E-state index is 12.3. The summed E-state index contributed by atoms with van der Waals surface area (Å²) in [6.45, 7) is 9.57. The van der Waals surface area contributed by atoms with Crippen LogP contribution in [0, 0.1) is 12.8 Å². The van der Waals surface area contributed by atoms with E-state index in [9.17, 15) is 9.59 Å². The SMILES string of the molecule is Cc1ccccc1[C@@H]1C[C@@H]1C(=O)N[C@H](C)C(=O)NC(C)(C)C. The number of carbonyl (C=O) groups is 2. The van der Waals surface area contributed by atoms with Crippen molar-refractivity contribution in [3.63, 3.8) is 0 Å². The molecule has 0 aliphatic heterocycles. The molecular formula is C18H26N2O2. The van der Waals surface area contributed by atoms with E-state index < -0.39 is 6.04 Å². The smallest absolute Gasteiger partial charge is 0.242 e. The highest BCUT2D eigenvalue weighted by Gasteiger charge is 2.45. The zero-order valence-corrected chi connectivity index (χ0v) is 14.1. The number of rotatable bonds is 4. The van der Waals surface area contributed by atoms with Gasteiger partial charge < -0.3 is 10.6 Å². The van der Waals surface area contributed by atoms with Crippen molar-refractivity contribution in [3.8, 4) is 0 Å². The first kappa shape index (κ1) is 16.5. The second kappa shape index (κ2) is 6.11. The second-order valence-corrected chi connectivity index (χ2v) is 7.27. The van der Waals surface area contributed by atoms with Crippen LogP contribution in [0.15, 0.2) is 24.3 Å². The van der Waals surface area contributed by atoms with Crippen molar-refractivity contribution in [1.82, 2.24) is 10.6 Å². The predicted molar refractivity (Wildman–Crippen MR) is 87.5 cm³/mol. The first-order valence-corrected chi connectivity index (χ1v) is 7.87. The van der Waals surface area contributed by atoms with Crippen LogP contribution in [0.5, 0.6) is 0 Å². The fraction of sp³-hybridized carbons (Fsp3) is 0.556. The molecule has 4 heteroatoms. The minimum absolute atomic E-state index is 0.00835. The Morgan fingerprint density at radius 3 is 2.45 bits per heavy atom. The molecule has 0 spiro atoms. The Balaban J connectivity index is 1.89. The van der Waals surface area contributed by atoms with Crippen LogP contribution in [0.4, 0.5) is 0 Å². The molecule has 1 fully saturated rings. The van der Waals surface area contributed by atoms with E-state index in [1.807, 2.05) is 32.9 Å². The van der Waals surface area contributed by atoms with Gasteiger partial charge in [0.15, 0.2) is 0 Å². The van der Waals surface area contributed by atoms with Gasteiger partial charge in [0.25, 0.3) is 0 Å². The van der Waals surface area contributed by atoms with Crippen molar-refractivity contribution in [2.24, 2.45) is 5.92 Å². The van der Waals surface area contributed by atoms with Gasteiger partial charge in [-0.05, 0) is 58.1 Å². The third-order valence-corrected chi connectivity index (χ3v) is 3.97. The molecule has 1 aliphatic rings. The van der Waals surface area contributed by atoms with Gasteiger partial charge in [0.2, 0.25) is 11.8 Å². The van der Waals surface area contributed by atoms with Crippen molar-refractivity contribution in [3.05, 3.63) is 35.4 Å². The van der Waals surface area contributed by atoms with E-state index in [-0.39, 0.29) is 23.3 Å².